The fraction of sp³-hybridized carbons (Fsp3) is 0.263. The molecule has 1 aromatic heterocycles. The van der Waals surface area contributed by atoms with Crippen molar-refractivity contribution in [1.29, 1.82) is 0 Å². The minimum atomic E-state index is -0.224. The first-order valence-corrected chi connectivity index (χ1v) is 7.79. The molecule has 1 heterocycles. The van der Waals surface area contributed by atoms with Gasteiger partial charge in [0.2, 0.25) is 0 Å². The molecule has 0 aliphatic heterocycles. The number of nitrogens with one attached hydrogen (secondary N) is 1. The van der Waals surface area contributed by atoms with Gasteiger partial charge >= 0.3 is 0 Å². The summed E-state index contributed by atoms with van der Waals surface area (Å²) in [6, 6.07) is 13.2. The lowest BCUT2D eigenvalue weighted by atomic mass is 10.0. The minimum Gasteiger partial charge on any atom is -0.396 e. The summed E-state index contributed by atoms with van der Waals surface area (Å²) in [5.74, 6) is -0.224. The van der Waals surface area contributed by atoms with Crippen molar-refractivity contribution in [3.8, 4) is 0 Å². The van der Waals surface area contributed by atoms with Crippen LogP contribution in [0.15, 0.2) is 48.7 Å². The average molecular weight is 313 g/mol. The molecule has 120 valence electrons. The van der Waals surface area contributed by atoms with Crippen molar-refractivity contribution in [1.82, 2.24) is 4.98 Å². The molecule has 3 aromatic rings. The van der Waals surface area contributed by atoms with Crippen LogP contribution in [0.1, 0.15) is 16.7 Å². The molecule has 0 unspecified atom stereocenters. The Morgan fingerprint density at radius 3 is 2.65 bits per heavy atom. The minimum absolute atomic E-state index is 0.0832. The number of hydrogen-bond acceptors (Lipinski definition) is 2. The van der Waals surface area contributed by atoms with E-state index in [0.717, 1.165) is 22.0 Å². The normalized spacial score (nSPS) is 11.2. The van der Waals surface area contributed by atoms with E-state index in [4.69, 9.17) is 9.84 Å². The molecular formula is C19H20FNO2. The van der Waals surface area contributed by atoms with E-state index in [1.807, 2.05) is 36.5 Å². The number of aliphatic hydroxyl groups is 1. The highest BCUT2D eigenvalue weighted by Gasteiger charge is 2.12. The number of ether oxygens (including phenoxy) is 1. The van der Waals surface area contributed by atoms with Gasteiger partial charge in [0.25, 0.3) is 0 Å². The quantitative estimate of drug-likeness (QED) is 0.655. The zero-order valence-corrected chi connectivity index (χ0v) is 12.9. The number of benzene rings is 2. The number of aliphatic hydroxyl groups excluding tert-OH is 1. The molecule has 0 saturated heterocycles. The highest BCUT2D eigenvalue weighted by atomic mass is 19.1. The van der Waals surface area contributed by atoms with E-state index in [2.05, 4.69) is 4.98 Å². The van der Waals surface area contributed by atoms with Gasteiger partial charge in [0.15, 0.2) is 0 Å². The third-order valence-electron chi connectivity index (χ3n) is 3.98. The van der Waals surface area contributed by atoms with Crippen molar-refractivity contribution in [2.24, 2.45) is 0 Å². The van der Waals surface area contributed by atoms with Crippen LogP contribution in [0.3, 0.4) is 0 Å². The van der Waals surface area contributed by atoms with Crippen molar-refractivity contribution in [3.05, 3.63) is 71.2 Å². The van der Waals surface area contributed by atoms with E-state index in [1.54, 1.807) is 6.07 Å². The van der Waals surface area contributed by atoms with Crippen molar-refractivity contribution >= 4 is 10.9 Å². The van der Waals surface area contributed by atoms with Crippen LogP contribution in [0.5, 0.6) is 0 Å². The molecular weight excluding hydrogens is 293 g/mol. The number of aromatic nitrogens is 1. The standard InChI is InChI=1S/C19H20FNO2/c20-18-7-6-16-15(8-10-22)12-21-19(16)17(18)9-11-23-13-14-4-2-1-3-5-14/h1-7,12,21-22H,8-11,13H2. The fourth-order valence-electron chi connectivity index (χ4n) is 2.80. The highest BCUT2D eigenvalue weighted by molar-refractivity contribution is 5.86. The lowest BCUT2D eigenvalue weighted by molar-refractivity contribution is 0.123. The second kappa shape index (κ2) is 7.40. The summed E-state index contributed by atoms with van der Waals surface area (Å²) in [4.78, 5) is 3.13. The first kappa shape index (κ1) is 15.7. The van der Waals surface area contributed by atoms with Gasteiger partial charge < -0.3 is 14.8 Å². The van der Waals surface area contributed by atoms with Crippen LogP contribution in [0.4, 0.5) is 4.39 Å². The predicted octanol–water partition coefficient (Wildman–Crippen LogP) is 3.60. The molecule has 0 aliphatic rings. The Morgan fingerprint density at radius 1 is 1.04 bits per heavy atom. The van der Waals surface area contributed by atoms with E-state index in [9.17, 15) is 4.39 Å². The van der Waals surface area contributed by atoms with Gasteiger partial charge in [-0.25, -0.2) is 4.39 Å². The van der Waals surface area contributed by atoms with Gasteiger partial charge in [-0.1, -0.05) is 30.3 Å². The Morgan fingerprint density at radius 2 is 1.87 bits per heavy atom. The Bertz CT molecular complexity index is 768. The van der Waals surface area contributed by atoms with Gasteiger partial charge in [0.05, 0.1) is 18.7 Å². The Hall–Kier alpha value is -2.17. The number of hydrogen-bond donors (Lipinski definition) is 2. The lowest BCUT2D eigenvalue weighted by Gasteiger charge is -2.07. The second-order valence-electron chi connectivity index (χ2n) is 5.52. The Labute approximate surface area is 134 Å². The van der Waals surface area contributed by atoms with Crippen LogP contribution < -0.4 is 0 Å². The first-order chi connectivity index (χ1) is 11.3. The van der Waals surface area contributed by atoms with Gasteiger partial charge in [-0.15, -0.1) is 0 Å². The van der Waals surface area contributed by atoms with Gasteiger partial charge in [-0.2, -0.15) is 0 Å². The summed E-state index contributed by atoms with van der Waals surface area (Å²) in [5.41, 5.74) is 3.56. The van der Waals surface area contributed by atoms with E-state index in [0.29, 0.717) is 31.6 Å². The number of halogens is 1. The summed E-state index contributed by atoms with van der Waals surface area (Å²) in [5, 5.41) is 10.1. The molecule has 2 aromatic carbocycles. The maximum absolute atomic E-state index is 14.1. The molecule has 0 atom stereocenters. The van der Waals surface area contributed by atoms with Gasteiger partial charge in [-0.05, 0) is 29.7 Å². The topological polar surface area (TPSA) is 45.2 Å². The molecule has 0 bridgehead atoms. The first-order valence-electron chi connectivity index (χ1n) is 7.79. The van der Waals surface area contributed by atoms with Crippen LogP contribution in [-0.2, 0) is 24.2 Å². The molecule has 0 fully saturated rings. The van der Waals surface area contributed by atoms with Crippen molar-refractivity contribution in [2.45, 2.75) is 19.4 Å². The number of aromatic amines is 1. The molecule has 0 saturated carbocycles. The zero-order chi connectivity index (χ0) is 16.1. The second-order valence-corrected chi connectivity index (χ2v) is 5.52. The fourth-order valence-corrected chi connectivity index (χ4v) is 2.80. The van der Waals surface area contributed by atoms with Crippen molar-refractivity contribution in [3.63, 3.8) is 0 Å². The molecule has 0 radical (unpaired) electrons. The highest BCUT2D eigenvalue weighted by Crippen LogP contribution is 2.25. The van der Waals surface area contributed by atoms with Crippen LogP contribution in [0.2, 0.25) is 0 Å². The molecule has 0 aliphatic carbocycles. The molecule has 0 spiro atoms. The summed E-state index contributed by atoms with van der Waals surface area (Å²) < 4.78 is 19.8. The molecule has 4 heteroatoms. The summed E-state index contributed by atoms with van der Waals surface area (Å²) >= 11 is 0. The Kier molecular flexibility index (Phi) is 5.05. The Balaban J connectivity index is 1.68. The molecule has 2 N–H and O–H groups in total. The van der Waals surface area contributed by atoms with Crippen LogP contribution in [0, 0.1) is 5.82 Å². The van der Waals surface area contributed by atoms with Gasteiger partial charge in [0.1, 0.15) is 5.82 Å². The van der Waals surface area contributed by atoms with Gasteiger partial charge in [0, 0.05) is 30.2 Å². The van der Waals surface area contributed by atoms with Crippen molar-refractivity contribution < 1.29 is 14.2 Å². The average Bonchev–Trinajstić information content (AvgIpc) is 2.98. The third kappa shape index (κ3) is 3.60. The van der Waals surface area contributed by atoms with E-state index in [1.165, 1.54) is 6.07 Å². The molecule has 3 rings (SSSR count). The van der Waals surface area contributed by atoms with E-state index >= 15 is 0 Å². The lowest BCUT2D eigenvalue weighted by Crippen LogP contribution is -2.02. The summed E-state index contributed by atoms with van der Waals surface area (Å²) in [6.07, 6.45) is 2.92. The summed E-state index contributed by atoms with van der Waals surface area (Å²) in [6.45, 7) is 1.07. The smallest absolute Gasteiger partial charge is 0.128 e. The molecule has 0 amide bonds. The third-order valence-corrected chi connectivity index (χ3v) is 3.98. The zero-order valence-electron chi connectivity index (χ0n) is 12.9. The number of H-pyrrole nitrogens is 1. The SMILES string of the molecule is OCCc1c[nH]c2c(CCOCc3ccccc3)c(F)ccc12. The van der Waals surface area contributed by atoms with Gasteiger partial charge in [-0.3, -0.25) is 0 Å². The van der Waals surface area contributed by atoms with E-state index in [-0.39, 0.29) is 12.4 Å². The maximum atomic E-state index is 14.1. The van der Waals surface area contributed by atoms with E-state index < -0.39 is 0 Å². The van der Waals surface area contributed by atoms with Crippen LogP contribution >= 0.6 is 0 Å². The predicted molar refractivity (Wildman–Crippen MR) is 88.8 cm³/mol. The molecule has 3 nitrogen and oxygen atoms in total. The van der Waals surface area contributed by atoms with Crippen LogP contribution in [0.25, 0.3) is 10.9 Å². The van der Waals surface area contributed by atoms with Crippen molar-refractivity contribution in [2.75, 3.05) is 13.2 Å². The summed E-state index contributed by atoms with van der Waals surface area (Å²) in [7, 11) is 0. The maximum Gasteiger partial charge on any atom is 0.128 e. The van der Waals surface area contributed by atoms with Crippen LogP contribution in [-0.4, -0.2) is 23.3 Å². The number of fused-ring (bicyclic) bond motifs is 1. The molecule has 23 heavy (non-hydrogen) atoms. The number of rotatable bonds is 7. The monoisotopic (exact) mass is 313 g/mol. The largest absolute Gasteiger partial charge is 0.396 e.